The largest absolute Gasteiger partial charge is 0.468 e. The monoisotopic (exact) mass is 330 g/mol. The summed E-state index contributed by atoms with van der Waals surface area (Å²) >= 11 is 4.82. The summed E-state index contributed by atoms with van der Waals surface area (Å²) in [6.45, 7) is 0. The molecule has 1 aliphatic rings. The molecule has 6 heteroatoms. The second-order valence-electron chi connectivity index (χ2n) is 4.41. The minimum atomic E-state index is -0.881. The molecule has 1 atom stereocenters. The molecule has 0 amide bonds. The number of thioether (sulfide) groups is 1. The summed E-state index contributed by atoms with van der Waals surface area (Å²) in [6.07, 6.45) is 3.73. The van der Waals surface area contributed by atoms with Gasteiger partial charge in [-0.2, -0.15) is 0 Å². The highest BCUT2D eigenvalue weighted by Crippen LogP contribution is 2.41. The van der Waals surface area contributed by atoms with E-state index in [2.05, 4.69) is 20.9 Å². The summed E-state index contributed by atoms with van der Waals surface area (Å²) in [5, 5.41) is 0.859. The van der Waals surface area contributed by atoms with E-state index in [1.165, 1.54) is 18.9 Å². The first kappa shape index (κ1) is 13.8. The van der Waals surface area contributed by atoms with Crippen molar-refractivity contribution < 1.29 is 9.53 Å². The van der Waals surface area contributed by atoms with Gasteiger partial charge in [0.1, 0.15) is 5.54 Å². The third-order valence-electron chi connectivity index (χ3n) is 3.03. The average molecular weight is 331 g/mol. The fourth-order valence-corrected chi connectivity index (χ4v) is 3.04. The molecule has 2 N–H and O–H groups in total. The summed E-state index contributed by atoms with van der Waals surface area (Å²) < 4.78 is 5.75. The van der Waals surface area contributed by atoms with Gasteiger partial charge >= 0.3 is 5.97 Å². The van der Waals surface area contributed by atoms with Crippen molar-refractivity contribution in [3.63, 3.8) is 0 Å². The van der Waals surface area contributed by atoms with Gasteiger partial charge in [0.25, 0.3) is 0 Å². The van der Waals surface area contributed by atoms with Gasteiger partial charge in [0.2, 0.25) is 0 Å². The van der Waals surface area contributed by atoms with Crippen LogP contribution in [0.25, 0.3) is 0 Å². The van der Waals surface area contributed by atoms with E-state index >= 15 is 0 Å². The van der Waals surface area contributed by atoms with Gasteiger partial charge in [-0.25, -0.2) is 4.98 Å². The Morgan fingerprint density at radius 2 is 2.39 bits per heavy atom. The van der Waals surface area contributed by atoms with Crippen molar-refractivity contribution >= 4 is 33.7 Å². The fraction of sp³-hybridized carbons (Fsp3) is 0.500. The molecule has 1 saturated carbocycles. The second-order valence-corrected chi connectivity index (χ2v) is 6.32. The number of nitrogens with two attached hydrogens (primary N) is 1. The molecule has 1 aliphatic carbocycles. The van der Waals surface area contributed by atoms with E-state index in [-0.39, 0.29) is 11.9 Å². The van der Waals surface area contributed by atoms with E-state index in [1.807, 2.05) is 12.1 Å². The molecule has 0 aromatic carbocycles. The fourth-order valence-electron chi connectivity index (χ4n) is 1.77. The van der Waals surface area contributed by atoms with Gasteiger partial charge in [-0.1, -0.05) is 0 Å². The number of pyridine rings is 1. The second kappa shape index (κ2) is 5.59. The summed E-state index contributed by atoms with van der Waals surface area (Å²) in [5.74, 6) is 0.418. The molecule has 0 radical (unpaired) electrons. The van der Waals surface area contributed by atoms with Crippen LogP contribution in [0.2, 0.25) is 0 Å². The van der Waals surface area contributed by atoms with Crippen molar-refractivity contribution in [3.05, 3.63) is 22.8 Å². The number of carbonyl (C=O) groups excluding carboxylic acids is 1. The van der Waals surface area contributed by atoms with Gasteiger partial charge in [0.05, 0.1) is 12.1 Å². The normalized spacial score (nSPS) is 18.2. The van der Waals surface area contributed by atoms with E-state index in [0.717, 1.165) is 22.3 Å². The van der Waals surface area contributed by atoms with E-state index in [9.17, 15) is 4.79 Å². The predicted molar refractivity (Wildman–Crippen MR) is 74.3 cm³/mol. The number of esters is 1. The molecule has 18 heavy (non-hydrogen) atoms. The lowest BCUT2D eigenvalue weighted by Gasteiger charge is -2.25. The Hall–Kier alpha value is -0.590. The summed E-state index contributed by atoms with van der Waals surface area (Å²) in [4.78, 5) is 16.1. The SMILES string of the molecule is COC(=O)C(N)(CSc1ccc(Br)cn1)C1CC1. The van der Waals surface area contributed by atoms with Crippen LogP contribution in [0.4, 0.5) is 0 Å². The van der Waals surface area contributed by atoms with Crippen LogP contribution in [0.15, 0.2) is 27.8 Å². The summed E-state index contributed by atoms with van der Waals surface area (Å²) in [7, 11) is 1.38. The standard InChI is InChI=1S/C12H15BrN2O2S/c1-17-11(16)12(14,8-2-3-8)7-18-10-5-4-9(13)6-15-10/h4-6,8H,2-3,7,14H2,1H3. The Morgan fingerprint density at radius 3 is 2.89 bits per heavy atom. The number of aromatic nitrogens is 1. The lowest BCUT2D eigenvalue weighted by atomic mass is 9.97. The Labute approximate surface area is 119 Å². The Kier molecular flexibility index (Phi) is 4.29. The molecule has 0 aliphatic heterocycles. The maximum atomic E-state index is 11.8. The quantitative estimate of drug-likeness (QED) is 0.662. The molecule has 1 aromatic rings. The zero-order valence-electron chi connectivity index (χ0n) is 10.1. The van der Waals surface area contributed by atoms with Crippen molar-refractivity contribution in [3.8, 4) is 0 Å². The average Bonchev–Trinajstić information content (AvgIpc) is 3.21. The number of rotatable bonds is 5. The van der Waals surface area contributed by atoms with E-state index in [4.69, 9.17) is 10.5 Å². The minimum Gasteiger partial charge on any atom is -0.468 e. The third-order valence-corrected chi connectivity index (χ3v) is 4.66. The van der Waals surface area contributed by atoms with Gasteiger partial charge in [0.15, 0.2) is 0 Å². The Bertz CT molecular complexity index is 436. The van der Waals surface area contributed by atoms with Crippen LogP contribution < -0.4 is 5.73 Å². The van der Waals surface area contributed by atoms with Crippen LogP contribution in [0.5, 0.6) is 0 Å². The van der Waals surface area contributed by atoms with Crippen molar-refractivity contribution in [1.29, 1.82) is 0 Å². The number of carbonyl (C=O) groups is 1. The van der Waals surface area contributed by atoms with Crippen molar-refractivity contribution in [2.75, 3.05) is 12.9 Å². The van der Waals surface area contributed by atoms with Gasteiger partial charge in [-0.15, -0.1) is 11.8 Å². The van der Waals surface area contributed by atoms with E-state index in [1.54, 1.807) is 6.20 Å². The first-order chi connectivity index (χ1) is 8.56. The van der Waals surface area contributed by atoms with Gasteiger partial charge in [0, 0.05) is 16.4 Å². The summed E-state index contributed by atoms with van der Waals surface area (Å²) in [5.41, 5.74) is 5.32. The van der Waals surface area contributed by atoms with Gasteiger partial charge in [-0.3, -0.25) is 4.79 Å². The zero-order chi connectivity index (χ0) is 13.2. The molecule has 1 unspecified atom stereocenters. The van der Waals surface area contributed by atoms with E-state index in [0.29, 0.717) is 5.75 Å². The first-order valence-electron chi connectivity index (χ1n) is 5.68. The number of halogens is 1. The molecule has 4 nitrogen and oxygen atoms in total. The molecule has 0 spiro atoms. The molecule has 1 aromatic heterocycles. The molecule has 0 saturated heterocycles. The topological polar surface area (TPSA) is 65.2 Å². The van der Waals surface area contributed by atoms with Crippen LogP contribution in [-0.2, 0) is 9.53 Å². The zero-order valence-corrected chi connectivity index (χ0v) is 12.5. The van der Waals surface area contributed by atoms with E-state index < -0.39 is 5.54 Å². The highest BCUT2D eigenvalue weighted by molar-refractivity contribution is 9.10. The smallest absolute Gasteiger partial charge is 0.327 e. The first-order valence-corrected chi connectivity index (χ1v) is 7.46. The molecule has 1 heterocycles. The maximum absolute atomic E-state index is 11.8. The number of hydrogen-bond acceptors (Lipinski definition) is 5. The highest BCUT2D eigenvalue weighted by Gasteiger charge is 2.48. The minimum absolute atomic E-state index is 0.243. The van der Waals surface area contributed by atoms with Crippen LogP contribution in [0.3, 0.4) is 0 Å². The Morgan fingerprint density at radius 1 is 1.67 bits per heavy atom. The third kappa shape index (κ3) is 3.05. The predicted octanol–water partition coefficient (Wildman–Crippen LogP) is 2.22. The van der Waals surface area contributed by atoms with Crippen molar-refractivity contribution in [1.82, 2.24) is 4.98 Å². The summed E-state index contributed by atoms with van der Waals surface area (Å²) in [6, 6.07) is 3.82. The number of ether oxygens (including phenoxy) is 1. The van der Waals surface area contributed by atoms with Crippen molar-refractivity contribution in [2.45, 2.75) is 23.4 Å². The van der Waals surface area contributed by atoms with Crippen LogP contribution in [0.1, 0.15) is 12.8 Å². The Balaban J connectivity index is 2.02. The molecule has 2 rings (SSSR count). The maximum Gasteiger partial charge on any atom is 0.327 e. The molecule has 0 bridgehead atoms. The van der Waals surface area contributed by atoms with Gasteiger partial charge < -0.3 is 10.5 Å². The van der Waals surface area contributed by atoms with Gasteiger partial charge in [-0.05, 0) is 46.8 Å². The molecule has 98 valence electrons. The number of methoxy groups -OCH3 is 1. The number of nitrogens with zero attached hydrogens (tertiary/aromatic N) is 1. The molecular formula is C12H15BrN2O2S. The lowest BCUT2D eigenvalue weighted by molar-refractivity contribution is -0.146. The molecular weight excluding hydrogens is 316 g/mol. The van der Waals surface area contributed by atoms with Crippen molar-refractivity contribution in [2.24, 2.45) is 11.7 Å². The van der Waals surface area contributed by atoms with Crippen LogP contribution in [0, 0.1) is 5.92 Å². The lowest BCUT2D eigenvalue weighted by Crippen LogP contribution is -2.53. The van der Waals surface area contributed by atoms with Crippen LogP contribution in [-0.4, -0.2) is 29.4 Å². The number of hydrogen-bond donors (Lipinski definition) is 1. The molecule has 1 fully saturated rings. The van der Waals surface area contributed by atoms with Crippen LogP contribution >= 0.6 is 27.7 Å². The highest BCUT2D eigenvalue weighted by atomic mass is 79.9.